The van der Waals surface area contributed by atoms with E-state index in [1.807, 2.05) is 0 Å². The zero-order valence-corrected chi connectivity index (χ0v) is 11.1. The molecule has 0 spiro atoms. The molecule has 0 bridgehead atoms. The van der Waals surface area contributed by atoms with Crippen LogP contribution >= 0.6 is 0 Å². The molecule has 0 aliphatic rings. The van der Waals surface area contributed by atoms with Gasteiger partial charge >= 0.3 is 25.6 Å². The van der Waals surface area contributed by atoms with Crippen LogP contribution in [-0.2, 0) is 30.4 Å². The fraction of sp³-hybridized carbons (Fsp3) is 0. The van der Waals surface area contributed by atoms with Gasteiger partial charge in [-0.1, -0.05) is 0 Å². The summed E-state index contributed by atoms with van der Waals surface area (Å²) >= 11 is 0.300. The van der Waals surface area contributed by atoms with Crippen LogP contribution < -0.4 is 0 Å². The maximum atomic E-state index is 8.34. The van der Waals surface area contributed by atoms with Gasteiger partial charge < -0.3 is 0 Å². The van der Waals surface area contributed by atoms with Crippen LogP contribution in [0.3, 0.4) is 0 Å². The van der Waals surface area contributed by atoms with Gasteiger partial charge in [-0.05, 0) is 0 Å². The third-order valence-electron chi connectivity index (χ3n) is 0. The summed E-state index contributed by atoms with van der Waals surface area (Å²) in [5.41, 5.74) is 0. The Morgan fingerprint density at radius 2 is 1.25 bits per heavy atom. The van der Waals surface area contributed by atoms with E-state index >= 15 is 0 Å². The van der Waals surface area contributed by atoms with Crippen molar-refractivity contribution in [2.24, 2.45) is 0 Å². The van der Waals surface area contributed by atoms with E-state index in [0.29, 0.717) is 22.5 Å². The minimum absolute atomic E-state index is 0. The quantitative estimate of drug-likeness (QED) is 0.530. The molecule has 4 heteroatoms. The van der Waals surface area contributed by atoms with Crippen LogP contribution in [-0.4, -0.2) is 40.1 Å². The molecule has 0 heterocycles. The van der Waals surface area contributed by atoms with E-state index in [-0.39, 0.29) is 44.9 Å². The van der Waals surface area contributed by atoms with E-state index < -0.39 is 0 Å². The molecule has 0 atom stereocenters. The summed E-state index contributed by atoms with van der Waals surface area (Å²) in [4.78, 5) is 0. The SMILES string of the molecule is [Cd].[Ge].[O]=[Sn]. The molecule has 16 valence electrons. The van der Waals surface area contributed by atoms with Crippen molar-refractivity contribution in [3.63, 3.8) is 0 Å². The molecule has 4 heavy (non-hydrogen) atoms. The van der Waals surface area contributed by atoms with Crippen molar-refractivity contribution in [3.05, 3.63) is 0 Å². The molecule has 1 nitrogen and oxygen atoms in total. The van der Waals surface area contributed by atoms with Gasteiger partial charge in [-0.25, -0.2) is 0 Å². The second kappa shape index (κ2) is 19.6. The Morgan fingerprint density at radius 1 is 1.25 bits per heavy atom. The molecular weight excluding hydrogens is 320 g/mol. The Balaban J connectivity index is -0.00000000500. The summed E-state index contributed by atoms with van der Waals surface area (Å²) in [6, 6.07) is 0. The summed E-state index contributed by atoms with van der Waals surface area (Å²) in [5, 5.41) is 0. The van der Waals surface area contributed by atoms with Crippen molar-refractivity contribution in [2.75, 3.05) is 0 Å². The van der Waals surface area contributed by atoms with Crippen molar-refractivity contribution in [3.8, 4) is 0 Å². The van der Waals surface area contributed by atoms with Crippen molar-refractivity contribution in [1.82, 2.24) is 0 Å². The molecule has 0 N–H and O–H groups in total. The molecule has 0 unspecified atom stereocenters. The van der Waals surface area contributed by atoms with Gasteiger partial charge in [0.1, 0.15) is 0 Å². The first-order valence-electron chi connectivity index (χ1n) is 0.204. The zero-order valence-electron chi connectivity index (χ0n) is 2.12. The Bertz CT molecular complexity index is 8.00. The Labute approximate surface area is 69.5 Å². The minimum atomic E-state index is 0. The van der Waals surface area contributed by atoms with Crippen LogP contribution in [0.15, 0.2) is 0 Å². The van der Waals surface area contributed by atoms with E-state index in [1.54, 1.807) is 0 Å². The zero-order chi connectivity index (χ0) is 2.00. The van der Waals surface area contributed by atoms with Gasteiger partial charge in [0, 0.05) is 44.9 Å². The van der Waals surface area contributed by atoms with E-state index in [2.05, 4.69) is 0 Å². The molecular formula is CdGeOSn. The van der Waals surface area contributed by atoms with Gasteiger partial charge in [-0.15, -0.1) is 0 Å². The van der Waals surface area contributed by atoms with E-state index in [9.17, 15) is 0 Å². The van der Waals surface area contributed by atoms with Gasteiger partial charge in [-0.3, -0.25) is 0 Å². The molecule has 0 saturated carbocycles. The van der Waals surface area contributed by atoms with Gasteiger partial charge in [0.15, 0.2) is 0 Å². The van der Waals surface area contributed by atoms with Crippen LogP contribution in [0.4, 0.5) is 0 Å². The van der Waals surface area contributed by atoms with E-state index in [0.717, 1.165) is 0 Å². The molecule has 0 saturated heterocycles. The third-order valence-corrected chi connectivity index (χ3v) is 0. The monoisotopic (exact) mass is 324 g/mol. The molecule has 0 aliphatic heterocycles. The van der Waals surface area contributed by atoms with E-state index in [1.165, 1.54) is 0 Å². The van der Waals surface area contributed by atoms with Gasteiger partial charge in [0.05, 0.1) is 0 Å². The number of hydrogen-bond donors (Lipinski definition) is 0. The van der Waals surface area contributed by atoms with E-state index in [4.69, 9.17) is 3.08 Å². The standard InChI is InChI=1S/Cd.Ge.O.Sn. The van der Waals surface area contributed by atoms with Crippen LogP contribution in [0.25, 0.3) is 0 Å². The fourth-order valence-corrected chi connectivity index (χ4v) is 0. The summed E-state index contributed by atoms with van der Waals surface area (Å²) in [6.45, 7) is 0. The molecule has 0 aliphatic carbocycles. The first-order valence-corrected chi connectivity index (χ1v) is 1.37. The fourth-order valence-electron chi connectivity index (χ4n) is 0. The maximum absolute atomic E-state index is 8.34. The third kappa shape index (κ3) is 8.96. The van der Waals surface area contributed by atoms with Crippen molar-refractivity contribution >= 4 is 40.1 Å². The summed E-state index contributed by atoms with van der Waals surface area (Å²) < 4.78 is 8.34. The normalized spacial score (nSPS) is 1.00. The van der Waals surface area contributed by atoms with Crippen LogP contribution in [0.5, 0.6) is 0 Å². The molecule has 0 rings (SSSR count). The predicted molar refractivity (Wildman–Crippen MR) is 12.2 cm³/mol. The average Bonchev–Trinajstić information content (AvgIpc) is 1.00. The predicted octanol–water partition coefficient (Wildman–Crippen LogP) is -0.883. The first kappa shape index (κ1) is 16.6. The molecule has 0 aromatic carbocycles. The second-order valence-electron chi connectivity index (χ2n) is 0. The number of hydrogen-bond acceptors (Lipinski definition) is 1. The Kier molecular flexibility index (Phi) is 81.3. The summed E-state index contributed by atoms with van der Waals surface area (Å²) in [5.74, 6) is 0. The van der Waals surface area contributed by atoms with Gasteiger partial charge in [0.25, 0.3) is 0 Å². The van der Waals surface area contributed by atoms with Gasteiger partial charge in [-0.2, -0.15) is 0 Å². The molecule has 0 aromatic rings. The Morgan fingerprint density at radius 3 is 1.25 bits per heavy atom. The van der Waals surface area contributed by atoms with Gasteiger partial charge in [0.2, 0.25) is 0 Å². The number of rotatable bonds is 0. The first-order chi connectivity index (χ1) is 1.00. The summed E-state index contributed by atoms with van der Waals surface area (Å²) in [7, 11) is 0. The second-order valence-corrected chi connectivity index (χ2v) is 0. The molecule has 0 fully saturated rings. The Hall–Kier alpha value is 2.06. The molecule has 0 aromatic heterocycles. The van der Waals surface area contributed by atoms with Crippen molar-refractivity contribution in [1.29, 1.82) is 0 Å². The van der Waals surface area contributed by atoms with Crippen molar-refractivity contribution in [2.45, 2.75) is 0 Å². The van der Waals surface area contributed by atoms with Crippen LogP contribution in [0.1, 0.15) is 0 Å². The van der Waals surface area contributed by atoms with Crippen molar-refractivity contribution < 1.29 is 30.4 Å². The molecule has 6 radical (unpaired) electrons. The summed E-state index contributed by atoms with van der Waals surface area (Å²) in [6.07, 6.45) is 0. The average molecular weight is 320 g/mol. The topological polar surface area (TPSA) is 17.1 Å². The van der Waals surface area contributed by atoms with Crippen LogP contribution in [0, 0.1) is 0 Å². The van der Waals surface area contributed by atoms with Crippen LogP contribution in [0.2, 0.25) is 0 Å². The molecule has 0 amide bonds.